The Morgan fingerprint density at radius 1 is 1.29 bits per heavy atom. The summed E-state index contributed by atoms with van der Waals surface area (Å²) in [5.41, 5.74) is 2.44. The smallest absolute Gasteiger partial charge is 0.253 e. The lowest BCUT2D eigenvalue weighted by atomic mass is 10.1. The maximum atomic E-state index is 12.2. The molecule has 0 unspecified atom stereocenters. The number of anilines is 1. The maximum absolute atomic E-state index is 12.2. The number of aryl methyl sites for hydroxylation is 1. The molecule has 1 N–H and O–H groups in total. The second-order valence-electron chi connectivity index (χ2n) is 5.27. The predicted octanol–water partition coefficient (Wildman–Crippen LogP) is 2.83. The molecule has 1 aromatic heterocycles. The number of rotatable bonds is 8. The largest absolute Gasteiger partial charge is 0.379 e. The molecule has 6 heteroatoms. The Labute approximate surface area is 142 Å². The first-order valence-corrected chi connectivity index (χ1v) is 8.00. The van der Waals surface area contributed by atoms with Gasteiger partial charge in [-0.15, -0.1) is 0 Å². The highest BCUT2D eigenvalue weighted by Gasteiger charge is 2.13. The van der Waals surface area contributed by atoms with Crippen LogP contribution in [0.5, 0.6) is 0 Å². The van der Waals surface area contributed by atoms with Crippen molar-refractivity contribution in [3.8, 4) is 11.3 Å². The van der Waals surface area contributed by atoms with Crippen LogP contribution < -0.4 is 5.32 Å². The summed E-state index contributed by atoms with van der Waals surface area (Å²) in [6, 6.07) is 9.38. The van der Waals surface area contributed by atoms with Crippen LogP contribution in [0.25, 0.3) is 11.3 Å². The molecule has 0 aliphatic rings. The van der Waals surface area contributed by atoms with Crippen molar-refractivity contribution < 1.29 is 14.3 Å². The van der Waals surface area contributed by atoms with Gasteiger partial charge >= 0.3 is 0 Å². The number of ether oxygens (including phenoxy) is 2. The summed E-state index contributed by atoms with van der Waals surface area (Å²) >= 11 is 0. The Bertz CT molecular complexity index is 676. The van der Waals surface area contributed by atoms with Gasteiger partial charge in [0.05, 0.1) is 18.9 Å². The molecule has 1 aromatic carbocycles. The summed E-state index contributed by atoms with van der Waals surface area (Å²) < 4.78 is 10.6. The van der Waals surface area contributed by atoms with Gasteiger partial charge in [-0.25, -0.2) is 9.97 Å². The lowest BCUT2D eigenvalue weighted by molar-refractivity contribution is -0.127. The van der Waals surface area contributed by atoms with E-state index < -0.39 is 6.10 Å². The Morgan fingerprint density at radius 3 is 2.88 bits per heavy atom. The van der Waals surface area contributed by atoms with Crippen molar-refractivity contribution in [2.75, 3.05) is 25.1 Å². The van der Waals surface area contributed by atoms with Crippen LogP contribution in [0.1, 0.15) is 19.7 Å². The van der Waals surface area contributed by atoms with Gasteiger partial charge in [0.25, 0.3) is 5.91 Å². The normalized spacial score (nSPS) is 12.0. The van der Waals surface area contributed by atoms with Crippen molar-refractivity contribution >= 4 is 11.6 Å². The zero-order chi connectivity index (χ0) is 17.4. The third kappa shape index (κ3) is 5.40. The van der Waals surface area contributed by atoms with Crippen molar-refractivity contribution in [3.63, 3.8) is 0 Å². The Balaban J connectivity index is 1.97. The highest BCUT2D eigenvalue weighted by molar-refractivity contribution is 5.94. The van der Waals surface area contributed by atoms with Crippen molar-refractivity contribution in [1.82, 2.24) is 9.97 Å². The van der Waals surface area contributed by atoms with Gasteiger partial charge in [0, 0.05) is 24.1 Å². The highest BCUT2D eigenvalue weighted by Crippen LogP contribution is 2.20. The molecule has 0 aliphatic carbocycles. The maximum Gasteiger partial charge on any atom is 0.253 e. The molecule has 1 amide bonds. The first-order valence-electron chi connectivity index (χ1n) is 8.00. The zero-order valence-electron chi connectivity index (χ0n) is 14.3. The molecule has 6 nitrogen and oxygen atoms in total. The summed E-state index contributed by atoms with van der Waals surface area (Å²) in [6.07, 6.45) is 1.17. The molecule has 1 heterocycles. The fourth-order valence-electron chi connectivity index (χ4n) is 2.12. The molecule has 0 fully saturated rings. The number of nitrogens with zero attached hydrogens (tertiary/aromatic N) is 2. The molecule has 0 bridgehead atoms. The summed E-state index contributed by atoms with van der Waals surface area (Å²) in [6.45, 7) is 7.00. The summed E-state index contributed by atoms with van der Waals surface area (Å²) in [5.74, 6) is 0.515. The van der Waals surface area contributed by atoms with E-state index >= 15 is 0 Å². The zero-order valence-corrected chi connectivity index (χ0v) is 14.3. The third-order valence-electron chi connectivity index (χ3n) is 3.37. The quantitative estimate of drug-likeness (QED) is 0.754. The molecule has 128 valence electrons. The number of hydrogen-bond donors (Lipinski definition) is 1. The molecule has 2 rings (SSSR count). The van der Waals surface area contributed by atoms with Crippen LogP contribution in [0.3, 0.4) is 0 Å². The molecule has 0 spiro atoms. The van der Waals surface area contributed by atoms with Crippen LogP contribution >= 0.6 is 0 Å². The average molecular weight is 329 g/mol. The predicted molar refractivity (Wildman–Crippen MR) is 92.7 cm³/mol. The van der Waals surface area contributed by atoms with E-state index in [9.17, 15) is 4.79 Å². The van der Waals surface area contributed by atoms with Crippen LogP contribution in [0.4, 0.5) is 5.69 Å². The summed E-state index contributed by atoms with van der Waals surface area (Å²) in [4.78, 5) is 20.7. The lowest BCUT2D eigenvalue weighted by Gasteiger charge is -2.14. The third-order valence-corrected chi connectivity index (χ3v) is 3.37. The molecule has 0 saturated heterocycles. The van der Waals surface area contributed by atoms with Gasteiger partial charge < -0.3 is 14.8 Å². The van der Waals surface area contributed by atoms with Gasteiger partial charge in [-0.05, 0) is 39.0 Å². The molecule has 0 saturated carbocycles. The number of aromatic nitrogens is 2. The lowest BCUT2D eigenvalue weighted by Crippen LogP contribution is -2.28. The van der Waals surface area contributed by atoms with E-state index in [1.165, 1.54) is 0 Å². The number of benzene rings is 1. The minimum absolute atomic E-state index is 0.192. The average Bonchev–Trinajstić information content (AvgIpc) is 2.59. The van der Waals surface area contributed by atoms with Gasteiger partial charge in [-0.1, -0.05) is 12.1 Å². The van der Waals surface area contributed by atoms with Crippen LogP contribution in [-0.2, 0) is 14.3 Å². The number of carbonyl (C=O) groups excluding carboxylic acids is 1. The van der Waals surface area contributed by atoms with Crippen molar-refractivity contribution in [3.05, 3.63) is 42.4 Å². The molecule has 24 heavy (non-hydrogen) atoms. The summed E-state index contributed by atoms with van der Waals surface area (Å²) in [5, 5.41) is 2.86. The monoisotopic (exact) mass is 329 g/mol. The molecular weight excluding hydrogens is 306 g/mol. The van der Waals surface area contributed by atoms with E-state index in [1.54, 1.807) is 13.1 Å². The topological polar surface area (TPSA) is 73.3 Å². The van der Waals surface area contributed by atoms with Crippen LogP contribution in [0.2, 0.25) is 0 Å². The fourth-order valence-corrected chi connectivity index (χ4v) is 2.12. The van der Waals surface area contributed by atoms with Gasteiger partial charge in [0.1, 0.15) is 11.9 Å². The Kier molecular flexibility index (Phi) is 6.84. The first-order chi connectivity index (χ1) is 11.6. The summed E-state index contributed by atoms with van der Waals surface area (Å²) in [7, 11) is 0. The van der Waals surface area contributed by atoms with Gasteiger partial charge in [0.2, 0.25) is 0 Å². The Morgan fingerprint density at radius 2 is 2.12 bits per heavy atom. The van der Waals surface area contributed by atoms with Gasteiger partial charge in [-0.2, -0.15) is 0 Å². The minimum Gasteiger partial charge on any atom is -0.379 e. The van der Waals surface area contributed by atoms with E-state index in [-0.39, 0.29) is 5.91 Å². The molecule has 2 aromatic rings. The van der Waals surface area contributed by atoms with Crippen molar-refractivity contribution in [1.29, 1.82) is 0 Å². The fraction of sp³-hybridized carbons (Fsp3) is 0.389. The SMILES string of the molecule is CCOCCO[C@@H](C)C(=O)Nc1cccc(-c2ccnc(C)n2)c1. The second kappa shape index (κ2) is 9.10. The number of amides is 1. The minimum atomic E-state index is -0.546. The van der Waals surface area contributed by atoms with Gasteiger partial charge in [0.15, 0.2) is 0 Å². The highest BCUT2D eigenvalue weighted by atomic mass is 16.5. The number of carbonyl (C=O) groups is 1. The van der Waals surface area contributed by atoms with E-state index in [4.69, 9.17) is 9.47 Å². The molecule has 1 atom stereocenters. The first kappa shape index (κ1) is 18.0. The van der Waals surface area contributed by atoms with Crippen LogP contribution in [0.15, 0.2) is 36.5 Å². The Hall–Kier alpha value is -2.31. The molecule has 0 aliphatic heterocycles. The second-order valence-corrected chi connectivity index (χ2v) is 5.27. The molecule has 0 radical (unpaired) electrons. The van der Waals surface area contributed by atoms with Crippen LogP contribution in [-0.4, -0.2) is 41.8 Å². The standard InChI is InChI=1S/C18H23N3O3/c1-4-23-10-11-24-13(2)18(22)21-16-7-5-6-15(12-16)17-8-9-19-14(3)20-17/h5-9,12-13H,4,10-11H2,1-3H3,(H,21,22)/t13-/m0/s1. The van der Waals surface area contributed by atoms with E-state index in [0.29, 0.717) is 31.3 Å². The van der Waals surface area contributed by atoms with E-state index in [2.05, 4.69) is 15.3 Å². The number of nitrogens with one attached hydrogen (secondary N) is 1. The van der Waals surface area contributed by atoms with E-state index in [1.807, 2.05) is 44.2 Å². The van der Waals surface area contributed by atoms with Crippen molar-refractivity contribution in [2.45, 2.75) is 26.9 Å². The van der Waals surface area contributed by atoms with Gasteiger partial charge in [-0.3, -0.25) is 4.79 Å². The van der Waals surface area contributed by atoms with Crippen molar-refractivity contribution in [2.24, 2.45) is 0 Å². The van der Waals surface area contributed by atoms with E-state index in [0.717, 1.165) is 11.3 Å². The van der Waals surface area contributed by atoms with Crippen LogP contribution in [0, 0.1) is 6.92 Å². The molecular formula is C18H23N3O3. The number of hydrogen-bond acceptors (Lipinski definition) is 5.